The Morgan fingerprint density at radius 3 is 2.81 bits per heavy atom. The number of nitrogens with zero attached hydrogens (tertiary/aromatic N) is 1. The third-order valence-corrected chi connectivity index (χ3v) is 3.15. The zero-order valence-corrected chi connectivity index (χ0v) is 9.64. The Morgan fingerprint density at radius 2 is 2.31 bits per heavy atom. The van der Waals surface area contributed by atoms with Gasteiger partial charge in [-0.3, -0.25) is 4.90 Å². The fraction of sp³-hybridized carbons (Fsp3) is 0.583. The van der Waals surface area contributed by atoms with Crippen LogP contribution in [0.15, 0.2) is 16.5 Å². The molecule has 1 fully saturated rings. The number of carboxylic acid groups (broad SMARTS) is 1. The summed E-state index contributed by atoms with van der Waals surface area (Å²) in [5, 5.41) is 8.77. The highest BCUT2D eigenvalue weighted by Crippen LogP contribution is 2.32. The molecule has 2 rings (SSSR count). The Morgan fingerprint density at radius 1 is 1.62 bits per heavy atom. The summed E-state index contributed by atoms with van der Waals surface area (Å²) >= 11 is 0. The summed E-state index contributed by atoms with van der Waals surface area (Å²) in [5.74, 6) is 0.548. The third kappa shape index (κ3) is 2.44. The van der Waals surface area contributed by atoms with E-state index in [1.807, 2.05) is 14.0 Å². The van der Waals surface area contributed by atoms with E-state index < -0.39 is 5.97 Å². The average molecular weight is 223 g/mol. The number of rotatable bonds is 5. The number of carboxylic acids is 1. The van der Waals surface area contributed by atoms with Gasteiger partial charge in [-0.15, -0.1) is 0 Å². The van der Waals surface area contributed by atoms with Gasteiger partial charge < -0.3 is 9.52 Å². The lowest BCUT2D eigenvalue weighted by molar-refractivity contribution is 0.0656. The summed E-state index contributed by atoms with van der Waals surface area (Å²) in [6.45, 7) is 3.09. The first kappa shape index (κ1) is 11.2. The van der Waals surface area contributed by atoms with E-state index in [4.69, 9.17) is 9.52 Å². The summed E-state index contributed by atoms with van der Waals surface area (Å²) < 4.78 is 5.29. The van der Waals surface area contributed by atoms with Crippen LogP contribution in [0.25, 0.3) is 0 Å². The van der Waals surface area contributed by atoms with Crippen LogP contribution in [-0.2, 0) is 0 Å². The van der Waals surface area contributed by atoms with Crippen LogP contribution in [0.5, 0.6) is 0 Å². The van der Waals surface area contributed by atoms with Crippen LogP contribution in [0.2, 0.25) is 0 Å². The molecule has 16 heavy (non-hydrogen) atoms. The van der Waals surface area contributed by atoms with Crippen LogP contribution < -0.4 is 0 Å². The summed E-state index contributed by atoms with van der Waals surface area (Å²) in [7, 11) is 2.05. The number of hydrogen-bond donors (Lipinski definition) is 1. The van der Waals surface area contributed by atoms with Crippen molar-refractivity contribution in [1.29, 1.82) is 0 Å². The summed E-state index contributed by atoms with van der Waals surface area (Å²) in [5.41, 5.74) is 0. The van der Waals surface area contributed by atoms with Crippen molar-refractivity contribution in [3.05, 3.63) is 23.7 Å². The summed E-state index contributed by atoms with van der Waals surface area (Å²) in [6, 6.07) is 3.39. The Bertz CT molecular complexity index is 381. The summed E-state index contributed by atoms with van der Waals surface area (Å²) in [4.78, 5) is 12.9. The van der Waals surface area contributed by atoms with Gasteiger partial charge in [0.15, 0.2) is 0 Å². The molecule has 4 nitrogen and oxygen atoms in total. The molecule has 0 spiro atoms. The van der Waals surface area contributed by atoms with Crippen molar-refractivity contribution < 1.29 is 14.3 Å². The van der Waals surface area contributed by atoms with E-state index in [2.05, 4.69) is 4.90 Å². The van der Waals surface area contributed by atoms with Crippen LogP contribution in [-0.4, -0.2) is 29.6 Å². The largest absolute Gasteiger partial charge is 0.475 e. The summed E-state index contributed by atoms with van der Waals surface area (Å²) in [6.07, 6.45) is 2.63. The van der Waals surface area contributed by atoms with Crippen LogP contribution in [0.4, 0.5) is 0 Å². The van der Waals surface area contributed by atoms with Crippen LogP contribution >= 0.6 is 0 Å². The first-order valence-corrected chi connectivity index (χ1v) is 5.61. The molecule has 88 valence electrons. The molecule has 1 aliphatic rings. The Balaban J connectivity index is 2.00. The zero-order valence-electron chi connectivity index (χ0n) is 9.64. The number of furan rings is 1. The molecular weight excluding hydrogens is 206 g/mol. The minimum atomic E-state index is -1.01. The fourth-order valence-electron chi connectivity index (χ4n) is 1.78. The highest BCUT2D eigenvalue weighted by molar-refractivity contribution is 5.84. The second-order valence-corrected chi connectivity index (χ2v) is 4.57. The molecule has 0 bridgehead atoms. The second-order valence-electron chi connectivity index (χ2n) is 4.57. The lowest BCUT2D eigenvalue weighted by atomic mass is 10.2. The van der Waals surface area contributed by atoms with Crippen LogP contribution in [0.3, 0.4) is 0 Å². The predicted octanol–water partition coefficient (Wildman–Crippen LogP) is 2.38. The Labute approximate surface area is 94.9 Å². The molecule has 0 saturated heterocycles. The first-order valence-electron chi connectivity index (χ1n) is 5.61. The van der Waals surface area contributed by atoms with Gasteiger partial charge in [0.05, 0.1) is 6.04 Å². The van der Waals surface area contributed by atoms with Crippen molar-refractivity contribution in [2.75, 3.05) is 13.6 Å². The Kier molecular flexibility index (Phi) is 3.01. The van der Waals surface area contributed by atoms with Gasteiger partial charge in [0, 0.05) is 6.54 Å². The van der Waals surface area contributed by atoms with Gasteiger partial charge in [-0.1, -0.05) is 0 Å². The molecular formula is C12H17NO3. The van der Waals surface area contributed by atoms with Gasteiger partial charge >= 0.3 is 5.97 Å². The van der Waals surface area contributed by atoms with Gasteiger partial charge in [0.2, 0.25) is 5.76 Å². The molecule has 0 aliphatic heterocycles. The van der Waals surface area contributed by atoms with E-state index in [0.717, 1.165) is 18.2 Å². The van der Waals surface area contributed by atoms with Crippen molar-refractivity contribution in [2.24, 2.45) is 5.92 Å². The molecule has 1 aliphatic carbocycles. The molecule has 0 aromatic carbocycles. The van der Waals surface area contributed by atoms with Crippen molar-refractivity contribution in [2.45, 2.75) is 25.8 Å². The highest BCUT2D eigenvalue weighted by atomic mass is 16.4. The van der Waals surface area contributed by atoms with E-state index in [-0.39, 0.29) is 11.8 Å². The molecule has 1 atom stereocenters. The van der Waals surface area contributed by atoms with Crippen LogP contribution in [0, 0.1) is 5.92 Å². The van der Waals surface area contributed by atoms with Gasteiger partial charge in [-0.05, 0) is 44.9 Å². The van der Waals surface area contributed by atoms with Crippen molar-refractivity contribution in [1.82, 2.24) is 4.90 Å². The SMILES string of the molecule is CC(c1ccc(C(=O)O)o1)N(C)CC1CC1. The molecule has 0 radical (unpaired) electrons. The normalized spacial score (nSPS) is 17.7. The highest BCUT2D eigenvalue weighted by Gasteiger charge is 2.26. The smallest absolute Gasteiger partial charge is 0.371 e. The van der Waals surface area contributed by atoms with Crippen molar-refractivity contribution >= 4 is 5.97 Å². The molecule has 1 aromatic heterocycles. The molecule has 0 amide bonds. The molecule has 4 heteroatoms. The minimum Gasteiger partial charge on any atom is -0.475 e. The number of aromatic carboxylic acids is 1. The third-order valence-electron chi connectivity index (χ3n) is 3.15. The molecule has 1 heterocycles. The van der Waals surface area contributed by atoms with Crippen molar-refractivity contribution in [3.63, 3.8) is 0 Å². The topological polar surface area (TPSA) is 53.7 Å². The van der Waals surface area contributed by atoms with Crippen LogP contribution in [0.1, 0.15) is 42.1 Å². The molecule has 1 N–H and O–H groups in total. The van der Waals surface area contributed by atoms with Gasteiger partial charge in [-0.25, -0.2) is 4.79 Å². The lowest BCUT2D eigenvalue weighted by Gasteiger charge is -2.22. The lowest BCUT2D eigenvalue weighted by Crippen LogP contribution is -2.24. The average Bonchev–Trinajstić information content (AvgIpc) is 2.91. The van der Waals surface area contributed by atoms with E-state index in [1.54, 1.807) is 6.07 Å². The molecule has 1 unspecified atom stereocenters. The van der Waals surface area contributed by atoms with E-state index in [0.29, 0.717) is 0 Å². The van der Waals surface area contributed by atoms with Gasteiger partial charge in [0.1, 0.15) is 5.76 Å². The minimum absolute atomic E-state index is 0.0154. The monoisotopic (exact) mass is 223 g/mol. The zero-order chi connectivity index (χ0) is 11.7. The van der Waals surface area contributed by atoms with Crippen molar-refractivity contribution in [3.8, 4) is 0 Å². The standard InChI is InChI=1S/C12H17NO3/c1-8(13(2)7-9-3-4-9)10-5-6-11(16-10)12(14)15/h5-6,8-9H,3-4,7H2,1-2H3,(H,14,15). The van der Waals surface area contributed by atoms with Gasteiger partial charge in [-0.2, -0.15) is 0 Å². The molecule has 1 aromatic rings. The van der Waals surface area contributed by atoms with E-state index in [9.17, 15) is 4.79 Å². The van der Waals surface area contributed by atoms with Gasteiger partial charge in [0.25, 0.3) is 0 Å². The maximum atomic E-state index is 10.7. The maximum Gasteiger partial charge on any atom is 0.371 e. The maximum absolute atomic E-state index is 10.7. The molecule has 1 saturated carbocycles. The predicted molar refractivity (Wildman–Crippen MR) is 59.4 cm³/mol. The van der Waals surface area contributed by atoms with E-state index in [1.165, 1.54) is 18.9 Å². The first-order chi connectivity index (χ1) is 7.58. The number of hydrogen-bond acceptors (Lipinski definition) is 3. The number of carbonyl (C=O) groups is 1. The second kappa shape index (κ2) is 4.29. The quantitative estimate of drug-likeness (QED) is 0.832. The van der Waals surface area contributed by atoms with E-state index >= 15 is 0 Å². The fourth-order valence-corrected chi connectivity index (χ4v) is 1.78. The Hall–Kier alpha value is -1.29.